The molecule has 1 amide bonds. The lowest BCUT2D eigenvalue weighted by atomic mass is 9.72. The molecule has 182 valence electrons. The fourth-order valence-corrected chi connectivity index (χ4v) is 6.82. The van der Waals surface area contributed by atoms with Gasteiger partial charge in [0.1, 0.15) is 0 Å². The molecule has 3 atom stereocenters. The summed E-state index contributed by atoms with van der Waals surface area (Å²) in [5.41, 5.74) is 5.53. The average molecular weight is 493 g/mol. The zero-order chi connectivity index (χ0) is 24.5. The molecule has 2 aromatic carbocycles. The summed E-state index contributed by atoms with van der Waals surface area (Å²) >= 11 is 0. The fraction of sp³-hybridized carbons (Fsp3) is 0.400. The molecule has 34 heavy (non-hydrogen) atoms. The second kappa shape index (κ2) is 9.54. The van der Waals surface area contributed by atoms with Crippen LogP contribution in [-0.2, 0) is 20.8 Å². The number of hydrogen-bond acceptors (Lipinski definition) is 4. The van der Waals surface area contributed by atoms with Gasteiger partial charge in [-0.25, -0.2) is 8.42 Å². The molecule has 2 N–H and O–H groups in total. The van der Waals surface area contributed by atoms with Gasteiger partial charge < -0.3 is 10.6 Å². The van der Waals surface area contributed by atoms with E-state index in [9.17, 15) is 26.4 Å². The summed E-state index contributed by atoms with van der Waals surface area (Å²) in [6.07, 6.45) is 0.0181. The highest BCUT2D eigenvalue weighted by molar-refractivity contribution is 7.91. The Kier molecular flexibility index (Phi) is 6.87. The van der Waals surface area contributed by atoms with Crippen LogP contribution in [0.4, 0.5) is 18.9 Å². The van der Waals surface area contributed by atoms with Crippen molar-refractivity contribution in [2.24, 2.45) is 11.7 Å². The minimum Gasteiger partial charge on any atom is -0.328 e. The molecule has 1 fully saturated rings. The summed E-state index contributed by atoms with van der Waals surface area (Å²) in [6.45, 7) is 0.267. The zero-order valence-electron chi connectivity index (χ0n) is 18.5. The first-order valence-electron chi connectivity index (χ1n) is 11.3. The van der Waals surface area contributed by atoms with E-state index in [0.29, 0.717) is 19.3 Å². The molecule has 3 unspecified atom stereocenters. The standard InChI is InChI=1S/C25H27F3N2O3S/c26-25(27,28)21-9-6-10-22(30-14-5-4-11-23(30)31)24(21)20-13-12-18(29)15-17(20)16-34(32,33)19-7-2-1-3-8-19/h1-4,6-11,17-18,20H,5,12-16,29H2. The number of amides is 1. The highest BCUT2D eigenvalue weighted by Crippen LogP contribution is 2.48. The van der Waals surface area contributed by atoms with Crippen LogP contribution in [0.3, 0.4) is 0 Å². The Morgan fingerprint density at radius 1 is 1.03 bits per heavy atom. The van der Waals surface area contributed by atoms with Crippen LogP contribution in [-0.4, -0.2) is 32.7 Å². The van der Waals surface area contributed by atoms with Gasteiger partial charge in [-0.1, -0.05) is 30.3 Å². The number of carbonyl (C=O) groups excluding carboxylic acids is 1. The zero-order valence-corrected chi connectivity index (χ0v) is 19.4. The van der Waals surface area contributed by atoms with Gasteiger partial charge in [0.15, 0.2) is 9.84 Å². The van der Waals surface area contributed by atoms with Gasteiger partial charge in [0.25, 0.3) is 5.91 Å². The molecule has 5 nitrogen and oxygen atoms in total. The topological polar surface area (TPSA) is 80.5 Å². The summed E-state index contributed by atoms with van der Waals surface area (Å²) < 4.78 is 68.9. The van der Waals surface area contributed by atoms with Crippen LogP contribution >= 0.6 is 0 Å². The quantitative estimate of drug-likeness (QED) is 0.657. The number of nitrogens with two attached hydrogens (primary N) is 1. The number of halogens is 3. The van der Waals surface area contributed by atoms with Crippen LogP contribution in [0.2, 0.25) is 0 Å². The number of hydrogen-bond donors (Lipinski definition) is 1. The molecule has 1 aliphatic heterocycles. The van der Waals surface area contributed by atoms with E-state index in [0.717, 1.165) is 6.07 Å². The van der Waals surface area contributed by atoms with E-state index >= 15 is 0 Å². The number of carbonyl (C=O) groups is 1. The number of rotatable bonds is 5. The van der Waals surface area contributed by atoms with E-state index in [-0.39, 0.29) is 46.8 Å². The smallest absolute Gasteiger partial charge is 0.328 e. The lowest BCUT2D eigenvalue weighted by Crippen LogP contribution is -2.39. The third-order valence-electron chi connectivity index (χ3n) is 6.65. The van der Waals surface area contributed by atoms with Crippen molar-refractivity contribution in [3.05, 3.63) is 71.8 Å². The van der Waals surface area contributed by atoms with Crippen LogP contribution in [0, 0.1) is 5.92 Å². The molecule has 1 saturated carbocycles. The predicted molar refractivity (Wildman–Crippen MR) is 124 cm³/mol. The third kappa shape index (κ3) is 5.05. The van der Waals surface area contributed by atoms with Crippen molar-refractivity contribution in [2.45, 2.75) is 48.7 Å². The molecule has 1 aliphatic carbocycles. The maximum atomic E-state index is 14.2. The van der Waals surface area contributed by atoms with Gasteiger partial charge in [0, 0.05) is 18.3 Å². The van der Waals surface area contributed by atoms with Crippen LogP contribution in [0.1, 0.15) is 42.7 Å². The van der Waals surface area contributed by atoms with Gasteiger partial charge >= 0.3 is 6.18 Å². The minimum atomic E-state index is -4.65. The van der Waals surface area contributed by atoms with Crippen molar-refractivity contribution in [1.82, 2.24) is 0 Å². The van der Waals surface area contributed by atoms with Crippen molar-refractivity contribution in [3.63, 3.8) is 0 Å². The largest absolute Gasteiger partial charge is 0.416 e. The highest BCUT2D eigenvalue weighted by Gasteiger charge is 2.42. The van der Waals surface area contributed by atoms with Gasteiger partial charge in [-0.2, -0.15) is 13.2 Å². The first kappa shape index (κ1) is 24.5. The molecular weight excluding hydrogens is 465 g/mol. The molecule has 0 spiro atoms. The van der Waals surface area contributed by atoms with E-state index in [1.165, 1.54) is 35.2 Å². The van der Waals surface area contributed by atoms with Gasteiger partial charge in [-0.3, -0.25) is 4.79 Å². The van der Waals surface area contributed by atoms with Crippen molar-refractivity contribution >= 4 is 21.4 Å². The monoisotopic (exact) mass is 492 g/mol. The fourth-order valence-electron chi connectivity index (χ4n) is 5.12. The third-order valence-corrected chi connectivity index (χ3v) is 8.51. The van der Waals surface area contributed by atoms with E-state index in [2.05, 4.69) is 0 Å². The predicted octanol–water partition coefficient (Wildman–Crippen LogP) is 4.68. The second-order valence-corrected chi connectivity index (χ2v) is 11.0. The number of benzene rings is 2. The van der Waals surface area contributed by atoms with Gasteiger partial charge in [-0.05, 0) is 73.4 Å². The van der Waals surface area contributed by atoms with Gasteiger partial charge in [0.05, 0.1) is 16.2 Å². The number of nitrogens with zero attached hydrogens (tertiary/aromatic N) is 1. The van der Waals surface area contributed by atoms with Crippen molar-refractivity contribution in [2.75, 3.05) is 17.2 Å². The summed E-state index contributed by atoms with van der Waals surface area (Å²) in [5.74, 6) is -2.02. The van der Waals surface area contributed by atoms with Crippen LogP contribution < -0.4 is 10.6 Å². The number of alkyl halides is 3. The molecule has 0 aromatic heterocycles. The Morgan fingerprint density at radius 2 is 1.76 bits per heavy atom. The summed E-state index contributed by atoms with van der Waals surface area (Å²) in [7, 11) is -3.75. The van der Waals surface area contributed by atoms with E-state index in [1.54, 1.807) is 24.3 Å². The molecule has 9 heteroatoms. The second-order valence-electron chi connectivity index (χ2n) is 8.95. The Hall–Kier alpha value is -2.65. The van der Waals surface area contributed by atoms with Gasteiger partial charge in [0.2, 0.25) is 0 Å². The summed E-state index contributed by atoms with van der Waals surface area (Å²) in [6, 6.07) is 11.5. The first-order chi connectivity index (χ1) is 16.1. The number of sulfone groups is 1. The molecule has 0 radical (unpaired) electrons. The molecular formula is C25H27F3N2O3S. The van der Waals surface area contributed by atoms with Crippen LogP contribution in [0.25, 0.3) is 0 Å². The molecule has 2 aliphatic rings. The van der Waals surface area contributed by atoms with Crippen molar-refractivity contribution < 1.29 is 26.4 Å². The lowest BCUT2D eigenvalue weighted by Gasteiger charge is -2.38. The Balaban J connectivity index is 1.81. The summed E-state index contributed by atoms with van der Waals surface area (Å²) in [4.78, 5) is 14.1. The SMILES string of the molecule is NC1CCC(c2c(N3CCC=CC3=O)cccc2C(F)(F)F)C(CS(=O)(=O)c2ccccc2)C1. The summed E-state index contributed by atoms with van der Waals surface area (Å²) in [5, 5.41) is 0. The Bertz CT molecular complexity index is 1180. The molecule has 2 aromatic rings. The Morgan fingerprint density at radius 3 is 2.44 bits per heavy atom. The normalized spacial score (nSPS) is 23.8. The lowest BCUT2D eigenvalue weighted by molar-refractivity contribution is -0.138. The van der Waals surface area contributed by atoms with E-state index in [1.807, 2.05) is 0 Å². The molecule has 0 saturated heterocycles. The highest BCUT2D eigenvalue weighted by atomic mass is 32.2. The maximum absolute atomic E-state index is 14.2. The maximum Gasteiger partial charge on any atom is 0.416 e. The van der Waals surface area contributed by atoms with Gasteiger partial charge in [-0.15, -0.1) is 0 Å². The first-order valence-corrected chi connectivity index (χ1v) is 12.9. The Labute approximate surface area is 197 Å². The molecule has 0 bridgehead atoms. The van der Waals surface area contributed by atoms with E-state index in [4.69, 9.17) is 5.73 Å². The number of anilines is 1. The van der Waals surface area contributed by atoms with E-state index < -0.39 is 33.4 Å². The average Bonchev–Trinajstić information content (AvgIpc) is 2.79. The van der Waals surface area contributed by atoms with Crippen molar-refractivity contribution in [3.8, 4) is 0 Å². The minimum absolute atomic E-state index is 0.00110. The molecule has 1 heterocycles. The molecule has 4 rings (SSSR count). The van der Waals surface area contributed by atoms with Crippen molar-refractivity contribution in [1.29, 1.82) is 0 Å². The van der Waals surface area contributed by atoms with Crippen LogP contribution in [0.15, 0.2) is 65.6 Å². The van der Waals surface area contributed by atoms with Crippen LogP contribution in [0.5, 0.6) is 0 Å².